The van der Waals surface area contributed by atoms with E-state index in [0.29, 0.717) is 5.92 Å². The van der Waals surface area contributed by atoms with Crippen LogP contribution >= 0.6 is 0 Å². The number of nitrogens with one attached hydrogen (secondary N) is 2. The second kappa shape index (κ2) is 5.74. The minimum absolute atomic E-state index is 0.206. The van der Waals surface area contributed by atoms with Crippen molar-refractivity contribution < 1.29 is 4.39 Å². The van der Waals surface area contributed by atoms with Gasteiger partial charge in [0.05, 0.1) is 5.39 Å². The van der Waals surface area contributed by atoms with Gasteiger partial charge in [-0.25, -0.2) is 9.37 Å². The van der Waals surface area contributed by atoms with Crippen LogP contribution in [0.1, 0.15) is 30.0 Å². The lowest BCUT2D eigenvalue weighted by molar-refractivity contribution is 0.454. The summed E-state index contributed by atoms with van der Waals surface area (Å²) in [6.45, 7) is 3.99. The summed E-state index contributed by atoms with van der Waals surface area (Å²) in [4.78, 5) is 4.40. The Hall–Kier alpha value is -2.27. The first-order valence-electron chi connectivity index (χ1n) is 8.04. The zero-order chi connectivity index (χ0) is 15.8. The van der Waals surface area contributed by atoms with Crippen LogP contribution in [0.2, 0.25) is 0 Å². The number of hydrogen-bond donors (Lipinski definition) is 2. The molecule has 1 aliphatic rings. The molecule has 0 radical (unpaired) electrons. The second-order valence-electron chi connectivity index (χ2n) is 6.18. The number of aromatic amines is 1. The van der Waals surface area contributed by atoms with Crippen molar-refractivity contribution in [3.63, 3.8) is 0 Å². The standard InChI is InChI=1S/C18H19FN4/c1-11-10-13(19)2-3-14(11)15-6-9-21-18-16(15)17(22-23-18)12-4-7-20-8-5-12/h2-3,6,9-10,12,20H,4-5,7-8H2,1H3,(H,21,22,23). The maximum absolute atomic E-state index is 13.4. The van der Waals surface area contributed by atoms with E-state index >= 15 is 0 Å². The molecule has 5 heteroatoms. The summed E-state index contributed by atoms with van der Waals surface area (Å²) in [5.74, 6) is 0.257. The average molecular weight is 310 g/mol. The van der Waals surface area contributed by atoms with Crippen LogP contribution in [-0.4, -0.2) is 28.3 Å². The molecule has 1 fully saturated rings. The van der Waals surface area contributed by atoms with E-state index in [4.69, 9.17) is 0 Å². The van der Waals surface area contributed by atoms with E-state index < -0.39 is 0 Å². The molecule has 0 spiro atoms. The van der Waals surface area contributed by atoms with Gasteiger partial charge >= 0.3 is 0 Å². The number of H-pyrrole nitrogens is 1. The molecule has 0 atom stereocenters. The van der Waals surface area contributed by atoms with Gasteiger partial charge in [-0.05, 0) is 67.7 Å². The first kappa shape index (κ1) is 14.3. The van der Waals surface area contributed by atoms with Gasteiger partial charge in [-0.2, -0.15) is 5.10 Å². The molecule has 1 aromatic carbocycles. The molecule has 0 aliphatic carbocycles. The molecule has 3 aromatic rings. The van der Waals surface area contributed by atoms with E-state index in [1.54, 1.807) is 12.3 Å². The van der Waals surface area contributed by atoms with Crippen molar-refractivity contribution in [1.82, 2.24) is 20.5 Å². The van der Waals surface area contributed by atoms with E-state index in [0.717, 1.165) is 59.3 Å². The third-order valence-corrected chi connectivity index (χ3v) is 4.71. The summed E-state index contributed by atoms with van der Waals surface area (Å²) in [6, 6.07) is 6.94. The fourth-order valence-corrected chi connectivity index (χ4v) is 3.53. The van der Waals surface area contributed by atoms with Crippen LogP contribution < -0.4 is 5.32 Å². The Bertz CT molecular complexity index is 849. The highest BCUT2D eigenvalue weighted by atomic mass is 19.1. The quantitative estimate of drug-likeness (QED) is 0.761. The van der Waals surface area contributed by atoms with Crippen molar-refractivity contribution in [1.29, 1.82) is 0 Å². The smallest absolute Gasteiger partial charge is 0.181 e. The summed E-state index contributed by atoms with van der Waals surface area (Å²) in [5.41, 5.74) is 4.94. The number of aryl methyl sites for hydroxylation is 1. The molecule has 2 aromatic heterocycles. The lowest BCUT2D eigenvalue weighted by Crippen LogP contribution is -2.26. The van der Waals surface area contributed by atoms with Crippen LogP contribution in [0.3, 0.4) is 0 Å². The summed E-state index contributed by atoms with van der Waals surface area (Å²) >= 11 is 0. The van der Waals surface area contributed by atoms with Gasteiger partial charge in [0.25, 0.3) is 0 Å². The van der Waals surface area contributed by atoms with Gasteiger partial charge in [0, 0.05) is 17.8 Å². The van der Waals surface area contributed by atoms with Gasteiger partial charge in [0.2, 0.25) is 0 Å². The zero-order valence-electron chi connectivity index (χ0n) is 13.1. The predicted molar refractivity (Wildman–Crippen MR) is 88.9 cm³/mol. The summed E-state index contributed by atoms with van der Waals surface area (Å²) < 4.78 is 13.4. The van der Waals surface area contributed by atoms with Crippen molar-refractivity contribution in [2.75, 3.05) is 13.1 Å². The number of pyridine rings is 1. The third kappa shape index (κ3) is 2.51. The first-order chi connectivity index (χ1) is 11.2. The molecule has 118 valence electrons. The lowest BCUT2D eigenvalue weighted by Gasteiger charge is -2.22. The van der Waals surface area contributed by atoms with Crippen LogP contribution in [0.4, 0.5) is 4.39 Å². The Morgan fingerprint density at radius 2 is 1.96 bits per heavy atom. The molecule has 4 nitrogen and oxygen atoms in total. The largest absolute Gasteiger partial charge is 0.317 e. The van der Waals surface area contributed by atoms with Crippen LogP contribution in [0.25, 0.3) is 22.2 Å². The molecule has 0 amide bonds. The number of rotatable bonds is 2. The van der Waals surface area contributed by atoms with Gasteiger partial charge < -0.3 is 5.32 Å². The Kier molecular flexibility index (Phi) is 3.58. The van der Waals surface area contributed by atoms with Crippen LogP contribution in [0.15, 0.2) is 30.5 Å². The van der Waals surface area contributed by atoms with Crippen molar-refractivity contribution in [3.05, 3.63) is 47.5 Å². The van der Waals surface area contributed by atoms with Crippen molar-refractivity contribution in [3.8, 4) is 11.1 Å². The number of fused-ring (bicyclic) bond motifs is 1. The maximum Gasteiger partial charge on any atom is 0.181 e. The van der Waals surface area contributed by atoms with Gasteiger partial charge in [0.1, 0.15) is 5.82 Å². The fourth-order valence-electron chi connectivity index (χ4n) is 3.53. The Balaban J connectivity index is 1.91. The number of halogens is 1. The molecular weight excluding hydrogens is 291 g/mol. The molecule has 0 saturated carbocycles. The lowest BCUT2D eigenvalue weighted by atomic mass is 9.90. The average Bonchev–Trinajstić information content (AvgIpc) is 3.00. The normalized spacial score (nSPS) is 16.1. The Morgan fingerprint density at radius 3 is 2.74 bits per heavy atom. The van der Waals surface area contributed by atoms with E-state index in [1.807, 2.05) is 19.1 Å². The Morgan fingerprint density at radius 1 is 1.13 bits per heavy atom. The zero-order valence-corrected chi connectivity index (χ0v) is 13.1. The maximum atomic E-state index is 13.4. The number of aromatic nitrogens is 3. The topological polar surface area (TPSA) is 53.6 Å². The molecule has 2 N–H and O–H groups in total. The summed E-state index contributed by atoms with van der Waals surface area (Å²) in [6.07, 6.45) is 3.95. The SMILES string of the molecule is Cc1cc(F)ccc1-c1ccnc2n[nH]c(C3CCNCC3)c12. The number of hydrogen-bond acceptors (Lipinski definition) is 3. The van der Waals surface area contributed by atoms with E-state index in [9.17, 15) is 4.39 Å². The van der Waals surface area contributed by atoms with E-state index in [-0.39, 0.29) is 5.82 Å². The minimum Gasteiger partial charge on any atom is -0.317 e. The Labute approximate surface area is 134 Å². The summed E-state index contributed by atoms with van der Waals surface area (Å²) in [7, 11) is 0. The van der Waals surface area contributed by atoms with Gasteiger partial charge in [-0.1, -0.05) is 6.07 Å². The molecule has 0 unspecified atom stereocenters. The highest BCUT2D eigenvalue weighted by Crippen LogP contribution is 2.36. The van der Waals surface area contributed by atoms with E-state index in [1.165, 1.54) is 6.07 Å². The highest BCUT2D eigenvalue weighted by Gasteiger charge is 2.22. The molecule has 4 rings (SSSR count). The van der Waals surface area contributed by atoms with E-state index in [2.05, 4.69) is 20.5 Å². The van der Waals surface area contributed by atoms with Crippen LogP contribution in [0.5, 0.6) is 0 Å². The third-order valence-electron chi connectivity index (χ3n) is 4.71. The van der Waals surface area contributed by atoms with Gasteiger partial charge in [0.15, 0.2) is 5.65 Å². The monoisotopic (exact) mass is 310 g/mol. The molecule has 3 heterocycles. The number of nitrogens with zero attached hydrogens (tertiary/aromatic N) is 2. The minimum atomic E-state index is -0.206. The van der Waals surface area contributed by atoms with Gasteiger partial charge in [-0.15, -0.1) is 0 Å². The van der Waals surface area contributed by atoms with Gasteiger partial charge in [-0.3, -0.25) is 5.10 Å². The van der Waals surface area contributed by atoms with Crippen LogP contribution in [0, 0.1) is 12.7 Å². The molecular formula is C18H19FN4. The summed E-state index contributed by atoms with van der Waals surface area (Å²) in [5, 5.41) is 12.1. The highest BCUT2D eigenvalue weighted by molar-refractivity contribution is 5.95. The molecule has 1 aliphatic heterocycles. The van der Waals surface area contributed by atoms with Crippen molar-refractivity contribution in [2.45, 2.75) is 25.7 Å². The first-order valence-corrected chi connectivity index (χ1v) is 8.04. The molecule has 23 heavy (non-hydrogen) atoms. The van der Waals surface area contributed by atoms with Crippen molar-refractivity contribution in [2.24, 2.45) is 0 Å². The number of piperidine rings is 1. The predicted octanol–water partition coefficient (Wildman–Crippen LogP) is 3.54. The molecule has 1 saturated heterocycles. The fraction of sp³-hybridized carbons (Fsp3) is 0.333. The van der Waals surface area contributed by atoms with Crippen molar-refractivity contribution >= 4 is 11.0 Å². The molecule has 0 bridgehead atoms. The van der Waals surface area contributed by atoms with Crippen LogP contribution in [-0.2, 0) is 0 Å². The number of benzene rings is 1. The second-order valence-corrected chi connectivity index (χ2v) is 6.18.